The van der Waals surface area contributed by atoms with Gasteiger partial charge in [0.15, 0.2) is 5.13 Å². The first-order valence-corrected chi connectivity index (χ1v) is 15.1. The number of halogens is 2. The highest BCUT2D eigenvalue weighted by Crippen LogP contribution is 2.29. The predicted molar refractivity (Wildman–Crippen MR) is 165 cm³/mol. The Kier molecular flexibility index (Phi) is 11.4. The minimum absolute atomic E-state index is 0.0196. The number of thiazole rings is 1. The Balaban J connectivity index is 1.29. The number of piperazine rings is 1. The van der Waals surface area contributed by atoms with Crippen LogP contribution in [0, 0.1) is 0 Å². The van der Waals surface area contributed by atoms with E-state index >= 15 is 0 Å². The van der Waals surface area contributed by atoms with E-state index in [1.165, 1.54) is 35.5 Å². The molecule has 0 unspecified atom stereocenters. The number of anilines is 2. The van der Waals surface area contributed by atoms with E-state index in [9.17, 15) is 14.4 Å². The van der Waals surface area contributed by atoms with Gasteiger partial charge in [0.2, 0.25) is 11.8 Å². The molecular weight excluding hydrogens is 601 g/mol. The molecule has 1 aromatic heterocycles. The maximum absolute atomic E-state index is 13.0. The summed E-state index contributed by atoms with van der Waals surface area (Å²) in [4.78, 5) is 48.7. The summed E-state index contributed by atoms with van der Waals surface area (Å²) >= 11 is 13.3. The third kappa shape index (κ3) is 8.34. The second-order valence-electron chi connectivity index (χ2n) is 9.49. The Bertz CT molecular complexity index is 1400. The van der Waals surface area contributed by atoms with Gasteiger partial charge in [-0.1, -0.05) is 35.3 Å². The third-order valence-electron chi connectivity index (χ3n) is 6.62. The fourth-order valence-corrected chi connectivity index (χ4v) is 5.53. The topological polar surface area (TPSA) is 104 Å². The van der Waals surface area contributed by atoms with Crippen molar-refractivity contribution in [3.8, 4) is 5.75 Å². The summed E-state index contributed by atoms with van der Waals surface area (Å²) in [5, 5.41) is 5.42. The van der Waals surface area contributed by atoms with Crippen LogP contribution in [0.1, 0.15) is 23.0 Å². The molecule has 3 aromatic rings. The van der Waals surface area contributed by atoms with E-state index in [1.54, 1.807) is 11.4 Å². The Morgan fingerprint density at radius 2 is 1.83 bits per heavy atom. The first kappa shape index (κ1) is 31.6. The molecule has 0 atom stereocenters. The first-order chi connectivity index (χ1) is 20.3. The summed E-state index contributed by atoms with van der Waals surface area (Å²) in [6, 6.07) is 12.5. The lowest BCUT2D eigenvalue weighted by molar-refractivity contribution is -0.130. The third-order valence-corrected chi connectivity index (χ3v) is 8.17. The molecule has 13 heteroatoms. The van der Waals surface area contributed by atoms with Crippen LogP contribution in [0.4, 0.5) is 10.8 Å². The molecule has 0 bridgehead atoms. The van der Waals surface area contributed by atoms with Crippen LogP contribution < -0.4 is 15.0 Å². The molecule has 10 nitrogen and oxygen atoms in total. The van der Waals surface area contributed by atoms with Crippen molar-refractivity contribution in [1.29, 1.82) is 0 Å². The van der Waals surface area contributed by atoms with E-state index in [1.807, 2.05) is 36.1 Å². The molecule has 42 heavy (non-hydrogen) atoms. The highest BCUT2D eigenvalue weighted by molar-refractivity contribution is 7.13. The van der Waals surface area contributed by atoms with Gasteiger partial charge in [-0.3, -0.25) is 14.4 Å². The Hall–Kier alpha value is -3.38. The molecule has 1 fully saturated rings. The van der Waals surface area contributed by atoms with Crippen LogP contribution in [0.15, 0.2) is 47.8 Å². The lowest BCUT2D eigenvalue weighted by Crippen LogP contribution is -2.49. The fourth-order valence-electron chi connectivity index (χ4n) is 4.50. The average Bonchev–Trinajstić information content (AvgIpc) is 3.43. The standard InChI is InChI=1S/C29H33Cl2N5O5S/c1-3-41-25-7-5-4-6-24(25)34-10-12-35(13-11-34)27(38)17-21-19-42-29(32-21)33-26(37)18-36(14-15-40-2)28(39)20-8-9-22(30)23(31)16-20/h4-9,16,19H,3,10-15,17-18H2,1-2H3,(H,32,33,37). The first-order valence-electron chi connectivity index (χ1n) is 13.5. The van der Waals surface area contributed by atoms with Crippen molar-refractivity contribution < 1.29 is 23.9 Å². The van der Waals surface area contributed by atoms with Gasteiger partial charge >= 0.3 is 0 Å². The molecule has 4 rings (SSSR count). The van der Waals surface area contributed by atoms with Gasteiger partial charge in [0.1, 0.15) is 12.3 Å². The van der Waals surface area contributed by atoms with Gasteiger partial charge in [-0.2, -0.15) is 0 Å². The number of aromatic nitrogens is 1. The number of para-hydroxylation sites is 2. The number of ether oxygens (including phenoxy) is 2. The zero-order valence-electron chi connectivity index (χ0n) is 23.5. The van der Waals surface area contributed by atoms with E-state index in [0.29, 0.717) is 54.2 Å². The summed E-state index contributed by atoms with van der Waals surface area (Å²) in [7, 11) is 1.52. The van der Waals surface area contributed by atoms with Crippen molar-refractivity contribution in [2.45, 2.75) is 13.3 Å². The smallest absolute Gasteiger partial charge is 0.254 e. The Labute approximate surface area is 259 Å². The largest absolute Gasteiger partial charge is 0.492 e. The van der Waals surface area contributed by atoms with Crippen LogP contribution in [0.5, 0.6) is 5.75 Å². The zero-order valence-corrected chi connectivity index (χ0v) is 25.8. The molecule has 0 spiro atoms. The molecule has 0 aliphatic carbocycles. The number of benzene rings is 2. The van der Waals surface area contributed by atoms with Gasteiger partial charge in [0, 0.05) is 50.8 Å². The van der Waals surface area contributed by atoms with E-state index in [4.69, 9.17) is 32.7 Å². The molecular formula is C29H33Cl2N5O5S. The molecule has 224 valence electrons. The predicted octanol–water partition coefficient (Wildman–Crippen LogP) is 4.47. The summed E-state index contributed by atoms with van der Waals surface area (Å²) < 4.78 is 10.9. The molecule has 1 aliphatic rings. The zero-order chi connectivity index (χ0) is 30.1. The van der Waals surface area contributed by atoms with Crippen LogP contribution in [0.25, 0.3) is 0 Å². The number of hydrogen-bond acceptors (Lipinski definition) is 8. The van der Waals surface area contributed by atoms with Crippen molar-refractivity contribution in [1.82, 2.24) is 14.8 Å². The number of nitrogens with one attached hydrogen (secondary N) is 1. The second-order valence-corrected chi connectivity index (χ2v) is 11.2. The van der Waals surface area contributed by atoms with Gasteiger partial charge in [0.05, 0.1) is 41.1 Å². The summed E-state index contributed by atoms with van der Waals surface area (Å²) in [6.45, 7) is 5.38. The average molecular weight is 635 g/mol. The second kappa shape index (κ2) is 15.2. The Morgan fingerprint density at radius 3 is 2.55 bits per heavy atom. The maximum Gasteiger partial charge on any atom is 0.254 e. The van der Waals surface area contributed by atoms with Crippen molar-refractivity contribution in [3.05, 3.63) is 69.1 Å². The normalized spacial score (nSPS) is 13.1. The lowest BCUT2D eigenvalue weighted by atomic mass is 10.2. The van der Waals surface area contributed by atoms with Crippen LogP contribution in [-0.2, 0) is 20.7 Å². The monoisotopic (exact) mass is 633 g/mol. The summed E-state index contributed by atoms with van der Waals surface area (Å²) in [5.41, 5.74) is 1.92. The molecule has 1 saturated heterocycles. The number of nitrogens with zero attached hydrogens (tertiary/aromatic N) is 4. The molecule has 0 radical (unpaired) electrons. The highest BCUT2D eigenvalue weighted by atomic mass is 35.5. The number of hydrogen-bond donors (Lipinski definition) is 1. The molecule has 0 saturated carbocycles. The van der Waals surface area contributed by atoms with Crippen LogP contribution >= 0.6 is 34.5 Å². The van der Waals surface area contributed by atoms with Crippen LogP contribution in [-0.4, -0.2) is 92.1 Å². The summed E-state index contributed by atoms with van der Waals surface area (Å²) in [5.74, 6) is 0.0223. The van der Waals surface area contributed by atoms with Crippen LogP contribution in [0.2, 0.25) is 10.0 Å². The van der Waals surface area contributed by atoms with Crippen molar-refractivity contribution in [3.63, 3.8) is 0 Å². The lowest BCUT2D eigenvalue weighted by Gasteiger charge is -2.36. The summed E-state index contributed by atoms with van der Waals surface area (Å²) in [6.07, 6.45) is 0.137. The van der Waals surface area contributed by atoms with E-state index < -0.39 is 5.91 Å². The molecule has 2 aromatic carbocycles. The molecule has 3 amide bonds. The minimum atomic E-state index is -0.421. The fraction of sp³-hybridized carbons (Fsp3) is 0.379. The maximum atomic E-state index is 13.0. The number of methoxy groups -OCH3 is 1. The number of amides is 3. The quantitative estimate of drug-likeness (QED) is 0.314. The minimum Gasteiger partial charge on any atom is -0.492 e. The number of rotatable bonds is 12. The highest BCUT2D eigenvalue weighted by Gasteiger charge is 2.24. The van der Waals surface area contributed by atoms with Gasteiger partial charge in [-0.05, 0) is 37.3 Å². The van der Waals surface area contributed by atoms with Crippen molar-refractivity contribution in [2.24, 2.45) is 0 Å². The van der Waals surface area contributed by atoms with Gasteiger partial charge in [-0.15, -0.1) is 11.3 Å². The van der Waals surface area contributed by atoms with Crippen molar-refractivity contribution in [2.75, 3.05) is 69.8 Å². The van der Waals surface area contributed by atoms with E-state index in [0.717, 1.165) is 11.4 Å². The van der Waals surface area contributed by atoms with Crippen molar-refractivity contribution >= 4 is 63.1 Å². The SMILES string of the molecule is CCOc1ccccc1N1CCN(C(=O)Cc2csc(NC(=O)CN(CCOC)C(=O)c3ccc(Cl)c(Cl)c3)n2)CC1. The number of carbonyl (C=O) groups excluding carboxylic acids is 3. The van der Waals surface area contributed by atoms with Crippen LogP contribution in [0.3, 0.4) is 0 Å². The molecule has 1 N–H and O–H groups in total. The Morgan fingerprint density at radius 1 is 1.07 bits per heavy atom. The van der Waals surface area contributed by atoms with Gasteiger partial charge in [-0.25, -0.2) is 4.98 Å². The van der Waals surface area contributed by atoms with E-state index in [2.05, 4.69) is 15.2 Å². The van der Waals surface area contributed by atoms with Gasteiger partial charge in [0.25, 0.3) is 5.91 Å². The number of carbonyl (C=O) groups is 3. The molecule has 2 heterocycles. The molecule has 1 aliphatic heterocycles. The van der Waals surface area contributed by atoms with Gasteiger partial charge < -0.3 is 29.5 Å². The van der Waals surface area contributed by atoms with E-state index in [-0.39, 0.29) is 43.0 Å².